The fourth-order valence-corrected chi connectivity index (χ4v) is 5.40. The van der Waals surface area contributed by atoms with Gasteiger partial charge in [0.25, 0.3) is 5.56 Å². The Labute approximate surface area is 191 Å². The molecule has 3 heterocycles. The summed E-state index contributed by atoms with van der Waals surface area (Å²) < 4.78 is 7.39. The van der Waals surface area contributed by atoms with Gasteiger partial charge in [0.1, 0.15) is 11.8 Å². The van der Waals surface area contributed by atoms with Crippen LogP contribution in [-0.4, -0.2) is 38.8 Å². The number of aromatic nitrogens is 5. The standard InChI is InChI=1S/C25H26N6O2/c1-33-19-10-11-21-17(14-19)15-20(25(32)26-21)23(30-13-12-16-6-2-5-9-22(16)30)24-27-28-29-31(24)18-7-3-4-8-18/h2,5-6,9-11,14-15,18,23H,3-4,7-8,12-13H2,1H3,(H,26,32)/t23-/m1/s1. The molecule has 1 atom stereocenters. The van der Waals surface area contributed by atoms with E-state index in [9.17, 15) is 4.79 Å². The van der Waals surface area contributed by atoms with Crippen molar-refractivity contribution >= 4 is 16.6 Å². The molecular weight excluding hydrogens is 416 g/mol. The maximum atomic E-state index is 13.4. The second-order valence-electron chi connectivity index (χ2n) is 8.90. The Hall–Kier alpha value is -3.68. The van der Waals surface area contributed by atoms with E-state index >= 15 is 0 Å². The van der Waals surface area contributed by atoms with E-state index in [-0.39, 0.29) is 17.6 Å². The lowest BCUT2D eigenvalue weighted by Crippen LogP contribution is -2.34. The fraction of sp³-hybridized carbons (Fsp3) is 0.360. The van der Waals surface area contributed by atoms with Crippen molar-refractivity contribution in [2.75, 3.05) is 18.6 Å². The topological polar surface area (TPSA) is 88.9 Å². The molecule has 1 fully saturated rings. The Morgan fingerprint density at radius 2 is 1.97 bits per heavy atom. The number of ether oxygens (including phenoxy) is 1. The van der Waals surface area contributed by atoms with Crippen LogP contribution in [0.15, 0.2) is 53.3 Å². The number of pyridine rings is 1. The fourth-order valence-electron chi connectivity index (χ4n) is 5.40. The average Bonchev–Trinajstić information content (AvgIpc) is 3.60. The summed E-state index contributed by atoms with van der Waals surface area (Å²) in [7, 11) is 1.65. The summed E-state index contributed by atoms with van der Waals surface area (Å²) in [5.74, 6) is 1.48. The SMILES string of the molecule is COc1ccc2[nH]c(=O)c([C@H](c3nnnn3C3CCCC3)N3CCc4ccccc43)cc2c1. The Balaban J connectivity index is 1.55. The van der Waals surface area contributed by atoms with E-state index < -0.39 is 0 Å². The highest BCUT2D eigenvalue weighted by molar-refractivity contribution is 5.81. The highest BCUT2D eigenvalue weighted by Gasteiger charge is 2.36. The zero-order valence-corrected chi connectivity index (χ0v) is 18.6. The number of aromatic amines is 1. The van der Waals surface area contributed by atoms with E-state index in [0.29, 0.717) is 5.56 Å². The summed E-state index contributed by atoms with van der Waals surface area (Å²) in [4.78, 5) is 18.8. The van der Waals surface area contributed by atoms with E-state index in [1.165, 1.54) is 18.4 Å². The number of nitrogens with one attached hydrogen (secondary N) is 1. The molecule has 0 saturated heterocycles. The van der Waals surface area contributed by atoms with Gasteiger partial charge in [-0.05, 0) is 65.6 Å². The summed E-state index contributed by atoms with van der Waals surface area (Å²) in [6, 6.07) is 15.9. The molecule has 0 spiro atoms. The molecule has 4 aromatic rings. The predicted molar refractivity (Wildman–Crippen MR) is 126 cm³/mol. The van der Waals surface area contributed by atoms with Crippen LogP contribution in [0.1, 0.15) is 54.7 Å². The number of methoxy groups -OCH3 is 1. The van der Waals surface area contributed by atoms with E-state index in [0.717, 1.165) is 54.0 Å². The third kappa shape index (κ3) is 3.37. The van der Waals surface area contributed by atoms with Crippen molar-refractivity contribution in [3.05, 3.63) is 75.8 Å². The van der Waals surface area contributed by atoms with Crippen LogP contribution in [0.4, 0.5) is 5.69 Å². The molecule has 2 aromatic carbocycles. The summed E-state index contributed by atoms with van der Waals surface area (Å²) in [5.41, 5.74) is 3.71. The first kappa shape index (κ1) is 20.0. The van der Waals surface area contributed by atoms with E-state index in [1.807, 2.05) is 35.0 Å². The van der Waals surface area contributed by atoms with E-state index in [4.69, 9.17) is 4.74 Å². The molecule has 0 radical (unpaired) electrons. The highest BCUT2D eigenvalue weighted by Crippen LogP contribution is 2.39. The van der Waals surface area contributed by atoms with Crippen molar-refractivity contribution in [2.45, 2.75) is 44.2 Å². The molecule has 2 aromatic heterocycles. The van der Waals surface area contributed by atoms with Gasteiger partial charge in [-0.1, -0.05) is 31.0 Å². The van der Waals surface area contributed by atoms with Crippen LogP contribution >= 0.6 is 0 Å². The number of H-pyrrole nitrogens is 1. The second-order valence-corrected chi connectivity index (χ2v) is 8.90. The van der Waals surface area contributed by atoms with E-state index in [2.05, 4.69) is 43.6 Å². The number of hydrogen-bond donors (Lipinski definition) is 1. The van der Waals surface area contributed by atoms with Gasteiger partial charge in [0.2, 0.25) is 0 Å². The molecule has 1 aliphatic heterocycles. The minimum Gasteiger partial charge on any atom is -0.497 e. The molecule has 1 N–H and O–H groups in total. The van der Waals surface area contributed by atoms with Crippen LogP contribution < -0.4 is 15.2 Å². The lowest BCUT2D eigenvalue weighted by Gasteiger charge is -2.30. The number of nitrogens with zero attached hydrogens (tertiary/aromatic N) is 5. The molecule has 168 valence electrons. The van der Waals surface area contributed by atoms with Gasteiger partial charge < -0.3 is 14.6 Å². The van der Waals surface area contributed by atoms with E-state index in [1.54, 1.807) is 7.11 Å². The zero-order valence-electron chi connectivity index (χ0n) is 18.6. The number of para-hydroxylation sites is 1. The van der Waals surface area contributed by atoms with Crippen molar-refractivity contribution < 1.29 is 4.74 Å². The summed E-state index contributed by atoms with van der Waals surface area (Å²) in [6.45, 7) is 0.803. The molecular formula is C25H26N6O2. The normalized spacial score (nSPS) is 16.9. The predicted octanol–water partition coefficient (Wildman–Crippen LogP) is 3.79. The minimum absolute atomic E-state index is 0.122. The Morgan fingerprint density at radius 1 is 1.12 bits per heavy atom. The van der Waals surface area contributed by atoms with Crippen molar-refractivity contribution in [2.24, 2.45) is 0 Å². The number of tetrazole rings is 1. The van der Waals surface area contributed by atoms with Crippen LogP contribution in [0.3, 0.4) is 0 Å². The van der Waals surface area contributed by atoms with Gasteiger partial charge in [-0.15, -0.1) is 5.10 Å². The number of anilines is 1. The quantitative estimate of drug-likeness (QED) is 0.506. The first-order chi connectivity index (χ1) is 16.2. The molecule has 0 bridgehead atoms. The third-order valence-corrected chi connectivity index (χ3v) is 7.04. The first-order valence-electron chi connectivity index (χ1n) is 11.6. The number of benzene rings is 2. The number of fused-ring (bicyclic) bond motifs is 2. The largest absolute Gasteiger partial charge is 0.497 e. The van der Waals surface area contributed by atoms with Crippen LogP contribution in [-0.2, 0) is 6.42 Å². The van der Waals surface area contributed by atoms with Gasteiger partial charge in [0.15, 0.2) is 5.82 Å². The zero-order chi connectivity index (χ0) is 22.4. The lowest BCUT2D eigenvalue weighted by molar-refractivity contribution is 0.415. The van der Waals surface area contributed by atoms with Crippen molar-refractivity contribution in [1.82, 2.24) is 25.2 Å². The number of rotatable bonds is 5. The smallest absolute Gasteiger partial charge is 0.254 e. The average molecular weight is 443 g/mol. The maximum absolute atomic E-state index is 13.4. The lowest BCUT2D eigenvalue weighted by atomic mass is 10.0. The molecule has 0 amide bonds. The molecule has 1 saturated carbocycles. The van der Waals surface area contributed by atoms with Crippen LogP contribution in [0.25, 0.3) is 10.9 Å². The van der Waals surface area contributed by atoms with Gasteiger partial charge in [-0.3, -0.25) is 4.79 Å². The Kier molecular flexibility index (Phi) is 4.86. The van der Waals surface area contributed by atoms with Gasteiger partial charge in [0, 0.05) is 28.7 Å². The van der Waals surface area contributed by atoms with Gasteiger partial charge in [-0.2, -0.15) is 0 Å². The third-order valence-electron chi connectivity index (χ3n) is 7.04. The molecule has 1 aliphatic carbocycles. The highest BCUT2D eigenvalue weighted by atomic mass is 16.5. The molecule has 2 aliphatic rings. The Morgan fingerprint density at radius 3 is 2.82 bits per heavy atom. The minimum atomic E-state index is -0.386. The van der Waals surface area contributed by atoms with Crippen molar-refractivity contribution in [1.29, 1.82) is 0 Å². The summed E-state index contributed by atoms with van der Waals surface area (Å²) in [6.07, 6.45) is 5.41. The molecule has 8 nitrogen and oxygen atoms in total. The van der Waals surface area contributed by atoms with Crippen LogP contribution in [0.5, 0.6) is 5.75 Å². The molecule has 6 rings (SSSR count). The second kappa shape index (κ2) is 8.03. The van der Waals surface area contributed by atoms with Gasteiger partial charge in [0.05, 0.1) is 13.2 Å². The van der Waals surface area contributed by atoms with Gasteiger partial charge >= 0.3 is 0 Å². The first-order valence-corrected chi connectivity index (χ1v) is 11.6. The van der Waals surface area contributed by atoms with Crippen LogP contribution in [0, 0.1) is 0 Å². The summed E-state index contributed by atoms with van der Waals surface area (Å²) >= 11 is 0. The molecule has 8 heteroatoms. The molecule has 0 unspecified atom stereocenters. The summed E-state index contributed by atoms with van der Waals surface area (Å²) in [5, 5.41) is 13.9. The maximum Gasteiger partial charge on any atom is 0.254 e. The Bertz CT molecular complexity index is 1370. The molecule has 33 heavy (non-hydrogen) atoms. The van der Waals surface area contributed by atoms with Gasteiger partial charge in [-0.25, -0.2) is 4.68 Å². The van der Waals surface area contributed by atoms with Crippen LogP contribution in [0.2, 0.25) is 0 Å². The number of hydrogen-bond acceptors (Lipinski definition) is 6. The van der Waals surface area contributed by atoms with Crippen molar-refractivity contribution in [3.63, 3.8) is 0 Å². The van der Waals surface area contributed by atoms with Crippen molar-refractivity contribution in [3.8, 4) is 5.75 Å². The monoisotopic (exact) mass is 442 g/mol.